The van der Waals surface area contributed by atoms with Gasteiger partial charge >= 0.3 is 23.3 Å². The Balaban J connectivity index is 1.17. The number of esters is 1. The number of guanidine groups is 2. The van der Waals surface area contributed by atoms with Crippen molar-refractivity contribution in [1.82, 2.24) is 73.8 Å². The molecular weight excluding hydrogens is 1960 g/mol. The molecule has 0 bridgehead atoms. The molecule has 50 heteroatoms. The van der Waals surface area contributed by atoms with Gasteiger partial charge in [-0.15, -0.1) is 0 Å². The van der Waals surface area contributed by atoms with E-state index >= 15 is 28.8 Å². The molecule has 0 aliphatic heterocycles. The zero-order valence-corrected chi connectivity index (χ0v) is 85.1. The number of methoxy groups -OCH3 is 3. The highest BCUT2D eigenvalue weighted by Gasteiger charge is 2.43. The maximum Gasteiger partial charge on any atom is 0.330 e. The number of aromatic nitrogens is 2. The molecule has 0 saturated heterocycles. The van der Waals surface area contributed by atoms with Crippen molar-refractivity contribution in [2.45, 2.75) is 232 Å². The summed E-state index contributed by atoms with van der Waals surface area (Å²) in [6.07, 6.45) is -0.353. The summed E-state index contributed by atoms with van der Waals surface area (Å²) in [5, 5.41) is 92.0. The molecule has 1 saturated carbocycles. The molecule has 0 spiro atoms. The summed E-state index contributed by atoms with van der Waals surface area (Å²) in [6, 6.07) is 11.7. The van der Waals surface area contributed by atoms with Gasteiger partial charge in [0.15, 0.2) is 33.5 Å². The number of rotatable bonds is 61. The molecule has 7 rings (SSSR count). The van der Waals surface area contributed by atoms with Crippen LogP contribution in [0, 0.1) is 54.2 Å². The Hall–Kier alpha value is -14.3. The number of nitrogens with one attached hydrogen (secondary N) is 14. The number of aliphatic imine (C=N–C) groups is 1. The zero-order valence-electron chi connectivity index (χ0n) is 81.8. The predicted octanol–water partition coefficient (Wildman–Crippen LogP) is 5.73. The van der Waals surface area contributed by atoms with Gasteiger partial charge in [-0.25, -0.2) is 14.8 Å². The SMILES string of the molecule is COc1cc(SSc2ncccc2[N+](=O)[O-])c(CNC(C)C(=O)N[C@@H](CCC(N)=O)C(=O)N[C@@H](CCCCN=C(CC(C)C)C2C(=O)CC(C)(C)CC2=O)C(=O)N[C@@H](Cc2ccc(O)cc2)C(=O)NC(CCCNC(=N)N)C(=O)N[C@@H](CC(=O)O)C(=O)NC(Cc2ccccc2)C(=O)N[C@@H](CC(C)C)C(=O)NC(CCCNC(=N)N)C(=O)NCC(=O)Oc2ccccc2SSc2ncccc2[N+](=O)[O-])c(OC)c1OC. The van der Waals surface area contributed by atoms with E-state index in [1.165, 1.54) is 95.2 Å². The minimum Gasteiger partial charge on any atom is -0.508 e. The Labute approximate surface area is 852 Å². The van der Waals surface area contributed by atoms with E-state index in [4.69, 9.17) is 52.0 Å². The molecule has 2 aromatic heterocycles. The summed E-state index contributed by atoms with van der Waals surface area (Å²) in [4.78, 5) is 238. The van der Waals surface area contributed by atoms with Crippen molar-refractivity contribution in [1.29, 1.82) is 10.8 Å². The Bertz CT molecular complexity index is 5590. The van der Waals surface area contributed by atoms with Crippen LogP contribution in [0.2, 0.25) is 0 Å². The van der Waals surface area contributed by atoms with Gasteiger partial charge in [-0.2, -0.15) is 0 Å². The number of unbranched alkanes of at least 4 members (excludes halogenated alkanes) is 1. The van der Waals surface area contributed by atoms with E-state index in [1.54, 1.807) is 68.4 Å². The van der Waals surface area contributed by atoms with Gasteiger partial charge in [-0.1, -0.05) is 107 Å². The average Bonchev–Trinajstić information content (AvgIpc) is 0.787. The van der Waals surface area contributed by atoms with Crippen molar-refractivity contribution in [3.8, 4) is 28.7 Å². The second-order valence-corrected chi connectivity index (χ2v) is 39.8. The number of Topliss-reactive ketones (excluding diaryl/α,β-unsaturated/α-hetero) is 2. The largest absolute Gasteiger partial charge is 0.508 e. The maximum absolute atomic E-state index is 15.5. The third kappa shape index (κ3) is 39.4. The van der Waals surface area contributed by atoms with Crippen LogP contribution >= 0.6 is 43.2 Å². The highest BCUT2D eigenvalue weighted by Crippen LogP contribution is 2.50. The Morgan fingerprint density at radius 3 is 1.48 bits per heavy atom. The number of carbonyl (C=O) groups excluding carboxylic acids is 13. The monoisotopic (exact) mass is 2090 g/mol. The van der Waals surface area contributed by atoms with Crippen LogP contribution in [0.15, 0.2) is 146 Å². The lowest BCUT2D eigenvalue weighted by atomic mass is 9.69. The number of nitrogens with zero attached hydrogens (tertiary/aromatic N) is 5. The molecule has 6 aromatic rings. The number of nitrogens with two attached hydrogens (primary N) is 3. The number of pyridine rings is 2. The van der Waals surface area contributed by atoms with Crippen LogP contribution in [0.1, 0.15) is 155 Å². The average molecular weight is 2090 g/mol. The van der Waals surface area contributed by atoms with Gasteiger partial charge < -0.3 is 110 Å². The van der Waals surface area contributed by atoms with Crippen LogP contribution in [0.3, 0.4) is 0 Å². The van der Waals surface area contributed by atoms with Gasteiger partial charge in [-0.05, 0) is 174 Å². The standard InChI is InChI=1S/C95H126N22O24S4/c1-52(2)42-63(79-70(119)48-95(6,7)49-71(79)120)101-37-17-16-24-60(110-86(129)62(35-36-76(96)121)108-82(125)54(5)106-50-58-75(47-73(138-8)81(140-10)80(58)139-9)143-145-92-69(117(136)137)28-21-39-103-92)84(127)113-66(45-56-31-33-57(118)34-32-56)88(131)111-61(26-19-41-105-94(99)100)85(128)115-67(46-77(122)123)90(133)114-65(44-55-22-12-11-13-23-55)89(132)112-64(43-53(3)4)87(130)109-59(25-18-40-104-93(97)98)83(126)107-51-78(124)141-72-29-14-15-30-74(72)142-144-91-68(116(134)135)27-20-38-102-91/h11-15,20-23,27-34,38-39,47,52-54,59-62,64-67,79,106,118H,16-19,24-26,35-37,40-46,48-51H2,1-10H3,(H2,96,121)(H,107,126)(H,108,125)(H,109,130)(H,110,129)(H,111,131)(H,112,132)(H,113,127)(H,114,133)(H,115,128)(H,122,123)(H4,97,98,104)(H4,99,100,105)/t54?,59?,60-,61?,62-,64-,65?,66-,67-/m0/s1. The first-order chi connectivity index (χ1) is 68.9. The van der Waals surface area contributed by atoms with Gasteiger partial charge in [-0.3, -0.25) is 98.4 Å². The van der Waals surface area contributed by atoms with Crippen LogP contribution in [0.5, 0.6) is 28.7 Å². The molecule has 9 atom stereocenters. The summed E-state index contributed by atoms with van der Waals surface area (Å²) in [7, 11) is 8.03. The van der Waals surface area contributed by atoms with Crippen molar-refractivity contribution >= 4 is 155 Å². The molecular formula is C95H126N22O24S4. The molecule has 2 heterocycles. The number of carboxylic acid groups (broad SMARTS) is 1. The number of carboxylic acids is 1. The fraction of sp³-hybridized carbons (Fsp3) is 0.463. The van der Waals surface area contributed by atoms with Crippen LogP contribution in [0.25, 0.3) is 0 Å². The molecule has 4 aromatic carbocycles. The number of phenols is 1. The van der Waals surface area contributed by atoms with Crippen molar-refractivity contribution < 1.29 is 106 Å². The van der Waals surface area contributed by atoms with Crippen molar-refractivity contribution in [3.63, 3.8) is 0 Å². The zero-order chi connectivity index (χ0) is 107. The predicted molar refractivity (Wildman–Crippen MR) is 541 cm³/mol. The lowest BCUT2D eigenvalue weighted by Crippen LogP contribution is -2.61. The van der Waals surface area contributed by atoms with E-state index in [1.807, 2.05) is 27.7 Å². The number of hydrogen-bond donors (Lipinski definition) is 19. The molecule has 784 valence electrons. The summed E-state index contributed by atoms with van der Waals surface area (Å²) in [5.74, 6) is -15.7. The number of aromatic hydroxyl groups is 1. The van der Waals surface area contributed by atoms with Crippen molar-refractivity contribution in [2.75, 3.05) is 47.5 Å². The van der Waals surface area contributed by atoms with Gasteiger partial charge in [0.25, 0.3) is 0 Å². The minimum absolute atomic E-state index is 0.0145. The van der Waals surface area contributed by atoms with E-state index in [0.29, 0.717) is 33.1 Å². The summed E-state index contributed by atoms with van der Waals surface area (Å²) in [6.45, 7) is 11.3. The molecule has 0 radical (unpaired) electrons. The van der Waals surface area contributed by atoms with Crippen molar-refractivity contribution in [3.05, 3.63) is 159 Å². The van der Waals surface area contributed by atoms with E-state index in [9.17, 15) is 68.8 Å². The summed E-state index contributed by atoms with van der Waals surface area (Å²) < 4.78 is 22.8. The summed E-state index contributed by atoms with van der Waals surface area (Å²) >= 11 is 0. The third-order valence-corrected chi connectivity index (χ3v) is 26.9. The number of aliphatic carboxylic acids is 1. The lowest BCUT2D eigenvalue weighted by Gasteiger charge is -2.33. The normalized spacial score (nSPS) is 14.2. The fourth-order valence-corrected chi connectivity index (χ4v) is 19.5. The summed E-state index contributed by atoms with van der Waals surface area (Å²) in [5.41, 5.74) is 17.2. The van der Waals surface area contributed by atoms with Crippen LogP contribution < -0.4 is 99.9 Å². The smallest absolute Gasteiger partial charge is 0.330 e. The third-order valence-electron chi connectivity index (χ3n) is 22.2. The first-order valence-electron chi connectivity index (χ1n) is 46.4. The van der Waals surface area contributed by atoms with Gasteiger partial charge in [0.05, 0.1) is 48.5 Å². The maximum atomic E-state index is 15.5. The molecule has 46 nitrogen and oxygen atoms in total. The lowest BCUT2D eigenvalue weighted by molar-refractivity contribution is -0.388. The number of amides is 10. The number of hydrogen-bond acceptors (Lipinski definition) is 33. The number of nitro groups is 2. The number of carbonyl (C=O) groups is 14. The Morgan fingerprint density at radius 2 is 0.979 bits per heavy atom. The van der Waals surface area contributed by atoms with Gasteiger partial charge in [0.1, 0.15) is 83.9 Å². The molecule has 10 amide bonds. The van der Waals surface area contributed by atoms with E-state index in [2.05, 4.69) is 73.8 Å². The van der Waals surface area contributed by atoms with Crippen LogP contribution in [-0.2, 0) is 86.5 Å². The number of phenolic OH excluding ortho intramolecular Hbond substituents is 1. The Kier molecular flexibility index (Phi) is 48.0. The number of para-hydroxylation sites is 1. The number of ether oxygens (including phenoxy) is 4. The highest BCUT2D eigenvalue weighted by atomic mass is 33.1. The molecule has 1 fully saturated rings. The van der Waals surface area contributed by atoms with Crippen LogP contribution in [0.4, 0.5) is 11.4 Å². The molecule has 1 aliphatic rings. The minimum atomic E-state index is -2.10. The van der Waals surface area contributed by atoms with E-state index in [-0.39, 0.29) is 176 Å². The first kappa shape index (κ1) is 118. The topological polar surface area (TPSA) is 711 Å². The molecule has 4 unspecified atom stereocenters. The first-order valence-corrected chi connectivity index (χ1v) is 50.7. The molecule has 145 heavy (non-hydrogen) atoms. The van der Waals surface area contributed by atoms with Gasteiger partial charge in [0.2, 0.25) is 64.8 Å². The number of benzene rings is 4. The van der Waals surface area contributed by atoms with E-state index in [0.717, 1.165) is 43.2 Å². The second kappa shape index (κ2) is 59.1. The van der Waals surface area contributed by atoms with Gasteiger partial charge in [0, 0.05) is 99.0 Å². The highest BCUT2D eigenvalue weighted by molar-refractivity contribution is 8.77. The number of primary amides is 1. The quantitative estimate of drug-likeness (QED) is 0.00249. The number of ketones is 2. The molecule has 1 aliphatic carbocycles. The van der Waals surface area contributed by atoms with E-state index < -0.39 is 191 Å². The fourth-order valence-electron chi connectivity index (χ4n) is 15.1. The Morgan fingerprint density at radius 1 is 0.517 bits per heavy atom. The van der Waals surface area contributed by atoms with Crippen molar-refractivity contribution in [2.24, 2.45) is 45.4 Å². The second-order valence-electron chi connectivity index (χ2n) is 35.5. The molecule has 22 N–H and O–H groups in total. The van der Waals surface area contributed by atoms with Crippen LogP contribution in [-0.4, -0.2) is 232 Å².